The Morgan fingerprint density at radius 2 is 1.88 bits per heavy atom. The van der Waals surface area contributed by atoms with E-state index in [0.717, 1.165) is 45.7 Å². The van der Waals surface area contributed by atoms with Gasteiger partial charge in [-0.3, -0.25) is 4.79 Å². The molecule has 6 heteroatoms. The van der Waals surface area contributed by atoms with Gasteiger partial charge in [-0.15, -0.1) is 11.3 Å². The van der Waals surface area contributed by atoms with E-state index < -0.39 is 23.6 Å². The number of carbonyl (C=O) groups is 2. The van der Waals surface area contributed by atoms with Crippen LogP contribution in [0, 0.1) is 12.3 Å². The Hall–Kier alpha value is -2.44. The third-order valence-electron chi connectivity index (χ3n) is 6.10. The molecule has 1 amide bonds. The van der Waals surface area contributed by atoms with Gasteiger partial charge in [0.15, 0.2) is 6.10 Å². The second-order valence-electron chi connectivity index (χ2n) is 10.6. The average Bonchev–Trinajstić information content (AvgIpc) is 3.08. The molecule has 1 aliphatic rings. The molecule has 1 heterocycles. The maximum Gasteiger partial charge on any atom is 0.340 e. The lowest BCUT2D eigenvalue weighted by molar-refractivity contribution is -0.166. The van der Waals surface area contributed by atoms with Crippen LogP contribution in [-0.4, -0.2) is 24.1 Å². The average molecular weight is 484 g/mol. The molecular formula is C28H37NO4S. The van der Waals surface area contributed by atoms with E-state index in [1.54, 1.807) is 24.3 Å². The summed E-state index contributed by atoms with van der Waals surface area (Å²) in [6, 6.07) is 7.41. The predicted octanol–water partition coefficient (Wildman–Crippen LogP) is 6.84. The molecule has 2 aromatic rings. The first kappa shape index (κ1) is 26.2. The van der Waals surface area contributed by atoms with E-state index in [0.29, 0.717) is 5.56 Å². The summed E-state index contributed by atoms with van der Waals surface area (Å²) in [6.45, 7) is 14.4. The van der Waals surface area contributed by atoms with Gasteiger partial charge in [0.1, 0.15) is 0 Å². The largest absolute Gasteiger partial charge is 0.464 e. The highest BCUT2D eigenvalue weighted by atomic mass is 32.1. The van der Waals surface area contributed by atoms with Gasteiger partial charge in [0.05, 0.1) is 12.2 Å². The standard InChI is InChI=1S/C28H37NO4S/c1-8-32-26(31)23(33-27(3,4)5)21-17(2)34-24(19-11-9-10-12-20(19)25(29)30)22(21)18-13-15-28(6,7)16-14-18/h9-13,23H,8,14-16H2,1-7H3,(H2,29,30). The van der Waals surface area contributed by atoms with Gasteiger partial charge in [-0.05, 0) is 70.9 Å². The molecule has 1 aliphatic carbocycles. The van der Waals surface area contributed by atoms with Crippen molar-refractivity contribution < 1.29 is 19.1 Å². The zero-order valence-corrected chi connectivity index (χ0v) is 22.2. The Labute approximate surface area is 207 Å². The van der Waals surface area contributed by atoms with Crippen LogP contribution < -0.4 is 5.73 Å². The fraction of sp³-hybridized carbons (Fsp3) is 0.500. The van der Waals surface area contributed by atoms with Crippen LogP contribution in [0.25, 0.3) is 16.0 Å². The van der Waals surface area contributed by atoms with Crippen molar-refractivity contribution in [2.24, 2.45) is 11.1 Å². The molecule has 34 heavy (non-hydrogen) atoms. The van der Waals surface area contributed by atoms with E-state index in [-0.39, 0.29) is 12.0 Å². The molecule has 3 rings (SSSR count). The molecule has 0 spiro atoms. The molecule has 0 saturated carbocycles. The second-order valence-corrected chi connectivity index (χ2v) is 11.9. The summed E-state index contributed by atoms with van der Waals surface area (Å²) in [4.78, 5) is 27.4. The molecule has 1 unspecified atom stereocenters. The first-order chi connectivity index (χ1) is 15.8. The van der Waals surface area contributed by atoms with Crippen molar-refractivity contribution in [1.29, 1.82) is 0 Å². The minimum atomic E-state index is -0.864. The summed E-state index contributed by atoms with van der Waals surface area (Å²) in [7, 11) is 0. The lowest BCUT2D eigenvalue weighted by atomic mass is 9.76. The van der Waals surface area contributed by atoms with Crippen LogP contribution in [0.5, 0.6) is 0 Å². The number of amides is 1. The van der Waals surface area contributed by atoms with E-state index >= 15 is 0 Å². The van der Waals surface area contributed by atoms with Gasteiger partial charge < -0.3 is 15.2 Å². The number of esters is 1. The molecule has 0 fully saturated rings. The number of allylic oxidation sites excluding steroid dienone is 2. The lowest BCUT2D eigenvalue weighted by Crippen LogP contribution is -2.29. The SMILES string of the molecule is CCOC(=O)C(OC(C)(C)C)c1c(C)sc(-c2ccccc2C(N)=O)c1C1=CCC(C)(C)CC1. The minimum absolute atomic E-state index is 0.225. The number of primary amides is 1. The number of thiophene rings is 1. The fourth-order valence-corrected chi connectivity index (χ4v) is 5.63. The number of ether oxygens (including phenoxy) is 2. The molecule has 2 N–H and O–H groups in total. The molecular weight excluding hydrogens is 446 g/mol. The number of benzene rings is 1. The topological polar surface area (TPSA) is 78.6 Å². The Balaban J connectivity index is 2.31. The van der Waals surface area contributed by atoms with E-state index in [1.807, 2.05) is 45.9 Å². The van der Waals surface area contributed by atoms with Crippen LogP contribution in [0.15, 0.2) is 30.3 Å². The summed E-state index contributed by atoms with van der Waals surface area (Å²) in [5.41, 5.74) is 9.66. The monoisotopic (exact) mass is 483 g/mol. The van der Waals surface area contributed by atoms with Gasteiger partial charge in [-0.1, -0.05) is 38.1 Å². The van der Waals surface area contributed by atoms with Crippen LogP contribution in [0.4, 0.5) is 0 Å². The van der Waals surface area contributed by atoms with E-state index in [2.05, 4.69) is 19.9 Å². The lowest BCUT2D eigenvalue weighted by Gasteiger charge is -2.31. The normalized spacial score (nSPS) is 16.6. The molecule has 184 valence electrons. The van der Waals surface area contributed by atoms with Gasteiger partial charge in [-0.2, -0.15) is 0 Å². The fourth-order valence-electron chi connectivity index (χ4n) is 4.38. The number of rotatable bonds is 7. The van der Waals surface area contributed by atoms with Crippen LogP contribution in [-0.2, 0) is 14.3 Å². The Bertz CT molecular complexity index is 1100. The van der Waals surface area contributed by atoms with Crippen molar-refractivity contribution in [3.8, 4) is 10.4 Å². The molecule has 1 aromatic heterocycles. The van der Waals surface area contributed by atoms with E-state index in [1.165, 1.54) is 5.57 Å². The third-order valence-corrected chi connectivity index (χ3v) is 7.25. The quantitative estimate of drug-likeness (QED) is 0.438. The summed E-state index contributed by atoms with van der Waals surface area (Å²) in [6.07, 6.45) is 4.28. The van der Waals surface area contributed by atoms with Gasteiger partial charge in [-0.25, -0.2) is 4.79 Å². The Kier molecular flexibility index (Phi) is 7.73. The molecule has 0 saturated heterocycles. The smallest absolute Gasteiger partial charge is 0.340 e. The van der Waals surface area contributed by atoms with Crippen molar-refractivity contribution in [3.05, 3.63) is 51.9 Å². The number of carbonyl (C=O) groups excluding carboxylic acids is 2. The maximum absolute atomic E-state index is 13.2. The van der Waals surface area contributed by atoms with Crippen LogP contribution in [0.1, 0.15) is 93.3 Å². The van der Waals surface area contributed by atoms with Gasteiger partial charge >= 0.3 is 5.97 Å². The molecule has 1 atom stereocenters. The number of nitrogens with two attached hydrogens (primary N) is 1. The second kappa shape index (κ2) is 10.0. The maximum atomic E-state index is 13.2. The number of hydrogen-bond donors (Lipinski definition) is 1. The predicted molar refractivity (Wildman–Crippen MR) is 139 cm³/mol. The van der Waals surface area contributed by atoms with Gasteiger partial charge in [0.2, 0.25) is 5.91 Å². The molecule has 0 radical (unpaired) electrons. The Morgan fingerprint density at radius 3 is 2.44 bits per heavy atom. The molecule has 1 aromatic carbocycles. The van der Waals surface area contributed by atoms with E-state index in [9.17, 15) is 9.59 Å². The van der Waals surface area contributed by atoms with Crippen molar-refractivity contribution >= 4 is 28.8 Å². The first-order valence-electron chi connectivity index (χ1n) is 11.9. The van der Waals surface area contributed by atoms with Crippen LogP contribution >= 0.6 is 11.3 Å². The highest BCUT2D eigenvalue weighted by Gasteiger charge is 2.36. The highest BCUT2D eigenvalue weighted by molar-refractivity contribution is 7.16. The van der Waals surface area contributed by atoms with E-state index in [4.69, 9.17) is 15.2 Å². The summed E-state index contributed by atoms with van der Waals surface area (Å²) in [5, 5.41) is 0. The van der Waals surface area contributed by atoms with Crippen LogP contribution in [0.2, 0.25) is 0 Å². The van der Waals surface area contributed by atoms with Crippen LogP contribution in [0.3, 0.4) is 0 Å². The summed E-state index contributed by atoms with van der Waals surface area (Å²) in [5.74, 6) is -0.869. The van der Waals surface area contributed by atoms with Crippen molar-refractivity contribution in [2.75, 3.05) is 6.61 Å². The molecule has 0 bridgehead atoms. The van der Waals surface area contributed by atoms with Gasteiger partial charge in [0, 0.05) is 32.0 Å². The van der Waals surface area contributed by atoms with Crippen molar-refractivity contribution in [2.45, 2.75) is 79.4 Å². The third kappa shape index (κ3) is 5.78. The first-order valence-corrected chi connectivity index (χ1v) is 12.7. The molecule has 5 nitrogen and oxygen atoms in total. The van der Waals surface area contributed by atoms with Crippen molar-refractivity contribution in [1.82, 2.24) is 0 Å². The molecule has 0 aliphatic heterocycles. The zero-order valence-electron chi connectivity index (χ0n) is 21.4. The zero-order chi connectivity index (χ0) is 25.3. The van der Waals surface area contributed by atoms with Gasteiger partial charge in [0.25, 0.3) is 0 Å². The Morgan fingerprint density at radius 1 is 1.21 bits per heavy atom. The summed E-state index contributed by atoms with van der Waals surface area (Å²) < 4.78 is 11.8. The summed E-state index contributed by atoms with van der Waals surface area (Å²) >= 11 is 1.57. The highest BCUT2D eigenvalue weighted by Crippen LogP contribution is 2.49. The minimum Gasteiger partial charge on any atom is -0.464 e. The number of hydrogen-bond acceptors (Lipinski definition) is 5. The number of aryl methyl sites for hydroxylation is 1. The van der Waals surface area contributed by atoms with Crippen molar-refractivity contribution in [3.63, 3.8) is 0 Å².